The van der Waals surface area contributed by atoms with Crippen molar-refractivity contribution in [2.45, 2.75) is 51.6 Å². The molecule has 6 nitrogen and oxygen atoms in total. The number of carbonyl (C=O) groups excluding carboxylic acids is 2. The van der Waals surface area contributed by atoms with Crippen molar-refractivity contribution in [2.75, 3.05) is 19.8 Å². The van der Waals surface area contributed by atoms with Crippen LogP contribution >= 0.6 is 0 Å². The minimum Gasteiger partial charge on any atom is -0.357 e. The number of ether oxygens (including phenoxy) is 2. The Labute approximate surface area is 123 Å². The zero-order chi connectivity index (χ0) is 15.2. The van der Waals surface area contributed by atoms with Crippen LogP contribution in [0.3, 0.4) is 0 Å². The second kappa shape index (κ2) is 7.75. The van der Waals surface area contributed by atoms with Crippen molar-refractivity contribution in [3.8, 4) is 0 Å². The Morgan fingerprint density at radius 2 is 1.85 bits per heavy atom. The SMILES string of the molecule is CCOC(OCC)[SiH2]CCCN1C(=O)NC(=O)C1(C)C. The van der Waals surface area contributed by atoms with Gasteiger partial charge in [-0.2, -0.15) is 0 Å². The summed E-state index contributed by atoms with van der Waals surface area (Å²) in [4.78, 5) is 24.9. The summed E-state index contributed by atoms with van der Waals surface area (Å²) in [6, 6.07) is 0.742. The predicted molar refractivity (Wildman–Crippen MR) is 79.3 cm³/mol. The molecule has 1 heterocycles. The van der Waals surface area contributed by atoms with E-state index in [2.05, 4.69) is 5.32 Å². The van der Waals surface area contributed by atoms with Gasteiger partial charge in [-0.1, -0.05) is 6.04 Å². The standard InChI is InChI=1S/C13H26N2O4Si/c1-5-18-12(19-6-2)20-9-7-8-15-11(17)14-10(16)13(15,3)4/h12H,5-9,20H2,1-4H3,(H,14,16,17). The lowest BCUT2D eigenvalue weighted by Crippen LogP contribution is -2.44. The number of hydrogen-bond donors (Lipinski definition) is 1. The molecule has 3 amide bonds. The van der Waals surface area contributed by atoms with E-state index in [4.69, 9.17) is 9.47 Å². The second-order valence-electron chi connectivity index (χ2n) is 5.31. The van der Waals surface area contributed by atoms with Gasteiger partial charge in [-0.25, -0.2) is 4.79 Å². The molecule has 0 saturated carbocycles. The fourth-order valence-electron chi connectivity index (χ4n) is 2.24. The average Bonchev–Trinajstić information content (AvgIpc) is 2.56. The van der Waals surface area contributed by atoms with Crippen LogP contribution in [-0.4, -0.2) is 57.6 Å². The minimum absolute atomic E-state index is 0.0351. The van der Waals surface area contributed by atoms with Gasteiger partial charge in [-0.3, -0.25) is 10.1 Å². The molecule has 1 fully saturated rings. The molecule has 1 aliphatic rings. The highest BCUT2D eigenvalue weighted by molar-refractivity contribution is 6.36. The fraction of sp³-hybridized carbons (Fsp3) is 0.846. The molecule has 0 aromatic rings. The highest BCUT2D eigenvalue weighted by Gasteiger charge is 2.44. The van der Waals surface area contributed by atoms with Crippen molar-refractivity contribution in [3.05, 3.63) is 0 Å². The van der Waals surface area contributed by atoms with Gasteiger partial charge in [0.1, 0.15) is 11.5 Å². The maximum Gasteiger partial charge on any atom is 0.324 e. The van der Waals surface area contributed by atoms with Gasteiger partial charge in [-0.15, -0.1) is 0 Å². The van der Waals surface area contributed by atoms with Crippen LogP contribution in [-0.2, 0) is 14.3 Å². The molecule has 20 heavy (non-hydrogen) atoms. The third-order valence-electron chi connectivity index (χ3n) is 3.47. The van der Waals surface area contributed by atoms with Crippen LogP contribution in [0.2, 0.25) is 6.04 Å². The zero-order valence-corrected chi connectivity index (χ0v) is 14.3. The molecular formula is C13H26N2O4Si. The molecule has 1 N–H and O–H groups in total. The molecule has 0 spiro atoms. The molecule has 0 unspecified atom stereocenters. The van der Waals surface area contributed by atoms with Crippen LogP contribution in [0, 0.1) is 0 Å². The summed E-state index contributed by atoms with van der Waals surface area (Å²) in [7, 11) is -0.488. The van der Waals surface area contributed by atoms with Crippen LogP contribution in [0.1, 0.15) is 34.1 Å². The maximum absolute atomic E-state index is 11.7. The molecule has 1 saturated heterocycles. The van der Waals surface area contributed by atoms with Crippen LogP contribution in [0.5, 0.6) is 0 Å². The van der Waals surface area contributed by atoms with Gasteiger partial charge in [0.25, 0.3) is 5.91 Å². The van der Waals surface area contributed by atoms with Crippen molar-refractivity contribution >= 4 is 21.5 Å². The molecule has 0 aromatic carbocycles. The van der Waals surface area contributed by atoms with Crippen molar-refractivity contribution in [3.63, 3.8) is 0 Å². The molecule has 7 heteroatoms. The molecule has 0 bridgehead atoms. The van der Waals surface area contributed by atoms with Crippen molar-refractivity contribution < 1.29 is 19.1 Å². The quantitative estimate of drug-likeness (QED) is 0.294. The Morgan fingerprint density at radius 3 is 2.30 bits per heavy atom. The summed E-state index contributed by atoms with van der Waals surface area (Å²) in [6.45, 7) is 9.39. The topological polar surface area (TPSA) is 67.9 Å². The smallest absolute Gasteiger partial charge is 0.324 e. The van der Waals surface area contributed by atoms with Gasteiger partial charge in [0, 0.05) is 19.8 Å². The highest BCUT2D eigenvalue weighted by atomic mass is 28.2. The lowest BCUT2D eigenvalue weighted by molar-refractivity contribution is -0.125. The average molecular weight is 302 g/mol. The number of rotatable bonds is 9. The lowest BCUT2D eigenvalue weighted by atomic mass is 10.0. The minimum atomic E-state index is -0.738. The lowest BCUT2D eigenvalue weighted by Gasteiger charge is -2.28. The first-order valence-electron chi connectivity index (χ1n) is 7.29. The summed E-state index contributed by atoms with van der Waals surface area (Å²) < 4.78 is 11.1. The Morgan fingerprint density at radius 1 is 1.25 bits per heavy atom. The van der Waals surface area contributed by atoms with E-state index in [1.807, 2.05) is 13.8 Å². The van der Waals surface area contributed by atoms with Crippen LogP contribution in [0.15, 0.2) is 0 Å². The third kappa shape index (κ3) is 4.29. The van der Waals surface area contributed by atoms with Crippen LogP contribution in [0.25, 0.3) is 0 Å². The Hall–Kier alpha value is -0.923. The first-order chi connectivity index (χ1) is 9.43. The van der Waals surface area contributed by atoms with E-state index in [0.29, 0.717) is 19.8 Å². The second-order valence-corrected chi connectivity index (χ2v) is 7.26. The third-order valence-corrected chi connectivity index (χ3v) is 5.32. The molecule has 0 radical (unpaired) electrons. The Balaban J connectivity index is 2.33. The highest BCUT2D eigenvalue weighted by Crippen LogP contribution is 2.21. The summed E-state index contributed by atoms with van der Waals surface area (Å²) in [5, 5.41) is 2.36. The van der Waals surface area contributed by atoms with E-state index < -0.39 is 15.1 Å². The van der Waals surface area contributed by atoms with E-state index in [-0.39, 0.29) is 17.9 Å². The summed E-state index contributed by atoms with van der Waals surface area (Å²) in [5.41, 5.74) is -0.738. The zero-order valence-electron chi connectivity index (χ0n) is 12.9. The summed E-state index contributed by atoms with van der Waals surface area (Å²) in [6.07, 6.45) is 0.882. The number of hydrogen-bond acceptors (Lipinski definition) is 4. The first kappa shape index (κ1) is 17.1. The number of nitrogens with one attached hydrogen (secondary N) is 1. The van der Waals surface area contributed by atoms with Crippen molar-refractivity contribution in [2.24, 2.45) is 0 Å². The van der Waals surface area contributed by atoms with Crippen LogP contribution in [0.4, 0.5) is 4.79 Å². The van der Waals surface area contributed by atoms with Crippen molar-refractivity contribution in [1.82, 2.24) is 10.2 Å². The van der Waals surface area contributed by atoms with E-state index in [9.17, 15) is 9.59 Å². The Kier molecular flexibility index (Phi) is 6.64. The van der Waals surface area contributed by atoms with Crippen LogP contribution < -0.4 is 5.32 Å². The normalized spacial score (nSPS) is 18.6. The summed E-state index contributed by atoms with van der Waals surface area (Å²) in [5.74, 6) is -0.256. The van der Waals surface area contributed by atoms with E-state index in [1.165, 1.54) is 0 Å². The number of nitrogens with zero attached hydrogens (tertiary/aromatic N) is 1. The molecule has 0 atom stereocenters. The number of urea groups is 1. The van der Waals surface area contributed by atoms with E-state index in [1.54, 1.807) is 18.7 Å². The Bertz CT molecular complexity index is 343. The van der Waals surface area contributed by atoms with Gasteiger partial charge in [0.05, 0.1) is 9.52 Å². The number of carbonyl (C=O) groups is 2. The number of amides is 3. The van der Waals surface area contributed by atoms with Crippen molar-refractivity contribution in [1.29, 1.82) is 0 Å². The summed E-state index contributed by atoms with van der Waals surface area (Å²) >= 11 is 0. The van der Waals surface area contributed by atoms with E-state index in [0.717, 1.165) is 12.5 Å². The molecule has 1 aliphatic heterocycles. The monoisotopic (exact) mass is 302 g/mol. The van der Waals surface area contributed by atoms with Gasteiger partial charge in [-0.05, 0) is 34.1 Å². The fourth-order valence-corrected chi connectivity index (χ4v) is 3.89. The van der Waals surface area contributed by atoms with Gasteiger partial charge in [0.15, 0.2) is 0 Å². The number of imide groups is 1. The molecule has 0 aliphatic carbocycles. The molecule has 0 aromatic heterocycles. The van der Waals surface area contributed by atoms with Gasteiger partial charge >= 0.3 is 6.03 Å². The maximum atomic E-state index is 11.7. The largest absolute Gasteiger partial charge is 0.357 e. The molecule has 116 valence electrons. The molecular weight excluding hydrogens is 276 g/mol. The van der Waals surface area contributed by atoms with E-state index >= 15 is 0 Å². The van der Waals surface area contributed by atoms with Gasteiger partial charge < -0.3 is 14.4 Å². The molecule has 1 rings (SSSR count). The first-order valence-corrected chi connectivity index (χ1v) is 9.11. The van der Waals surface area contributed by atoms with Gasteiger partial charge in [0.2, 0.25) is 0 Å². The predicted octanol–water partition coefficient (Wildman–Crippen LogP) is 0.651.